The third kappa shape index (κ3) is 2.87. The van der Waals surface area contributed by atoms with E-state index in [2.05, 4.69) is 0 Å². The number of rotatable bonds is 2. The molecule has 0 atom stereocenters. The van der Waals surface area contributed by atoms with Crippen LogP contribution < -0.4 is 5.73 Å². The van der Waals surface area contributed by atoms with Crippen molar-refractivity contribution in [2.75, 3.05) is 0 Å². The number of nitrogens with two attached hydrogens (primary N) is 1. The van der Waals surface area contributed by atoms with Crippen LogP contribution in [-0.2, 0) is 4.79 Å². The second-order valence-corrected chi connectivity index (χ2v) is 2.82. The van der Waals surface area contributed by atoms with E-state index in [4.69, 9.17) is 17.3 Å². The summed E-state index contributed by atoms with van der Waals surface area (Å²) in [5.74, 6) is -1.09. The molecule has 0 aromatic heterocycles. The van der Waals surface area contributed by atoms with Crippen molar-refractivity contribution in [2.45, 2.75) is 0 Å². The molecule has 0 saturated heterocycles. The van der Waals surface area contributed by atoms with Gasteiger partial charge in [-0.05, 0) is 23.8 Å². The first-order valence-corrected chi connectivity index (χ1v) is 3.90. The van der Waals surface area contributed by atoms with E-state index in [0.29, 0.717) is 5.56 Å². The van der Waals surface area contributed by atoms with Gasteiger partial charge in [0.2, 0.25) is 5.91 Å². The number of primary amides is 1. The Morgan fingerprint density at radius 2 is 2.23 bits per heavy atom. The molecule has 68 valence electrons. The minimum Gasteiger partial charge on any atom is -0.366 e. The highest BCUT2D eigenvalue weighted by atomic mass is 35.5. The van der Waals surface area contributed by atoms with Crippen LogP contribution in [0.15, 0.2) is 24.3 Å². The van der Waals surface area contributed by atoms with E-state index in [1.54, 1.807) is 6.07 Å². The van der Waals surface area contributed by atoms with Gasteiger partial charge in [-0.15, -0.1) is 0 Å². The Morgan fingerprint density at radius 3 is 2.77 bits per heavy atom. The fourth-order valence-corrected chi connectivity index (χ4v) is 0.912. The van der Waals surface area contributed by atoms with E-state index < -0.39 is 11.7 Å². The molecule has 2 nitrogen and oxygen atoms in total. The third-order valence-corrected chi connectivity index (χ3v) is 1.69. The SMILES string of the molecule is NC(=O)/C=C\c1ccc(Cl)c(F)c1. The molecule has 0 bridgehead atoms. The van der Waals surface area contributed by atoms with Crippen LogP contribution in [0.1, 0.15) is 5.56 Å². The molecule has 1 aromatic rings. The Bertz CT molecular complexity index is 363. The van der Waals surface area contributed by atoms with E-state index in [1.807, 2.05) is 0 Å². The lowest BCUT2D eigenvalue weighted by molar-refractivity contribution is -0.113. The van der Waals surface area contributed by atoms with Crippen molar-refractivity contribution in [1.29, 1.82) is 0 Å². The van der Waals surface area contributed by atoms with Crippen LogP contribution in [0, 0.1) is 5.82 Å². The van der Waals surface area contributed by atoms with Crippen molar-refractivity contribution in [3.05, 3.63) is 40.7 Å². The van der Waals surface area contributed by atoms with Gasteiger partial charge in [-0.1, -0.05) is 17.7 Å². The molecule has 0 heterocycles. The smallest absolute Gasteiger partial charge is 0.241 e. The van der Waals surface area contributed by atoms with Gasteiger partial charge in [0.25, 0.3) is 0 Å². The van der Waals surface area contributed by atoms with Crippen molar-refractivity contribution in [2.24, 2.45) is 5.73 Å². The maximum atomic E-state index is 12.8. The van der Waals surface area contributed by atoms with Crippen LogP contribution in [0.3, 0.4) is 0 Å². The zero-order valence-corrected chi connectivity index (χ0v) is 7.38. The van der Waals surface area contributed by atoms with Gasteiger partial charge >= 0.3 is 0 Å². The van der Waals surface area contributed by atoms with Gasteiger partial charge in [0.05, 0.1) is 5.02 Å². The minimum atomic E-state index is -0.574. The topological polar surface area (TPSA) is 43.1 Å². The molecule has 0 spiro atoms. The van der Waals surface area contributed by atoms with E-state index in [-0.39, 0.29) is 5.02 Å². The molecule has 13 heavy (non-hydrogen) atoms. The molecular formula is C9H7ClFNO. The first-order valence-electron chi connectivity index (χ1n) is 3.52. The van der Waals surface area contributed by atoms with Crippen LogP contribution in [0.2, 0.25) is 5.02 Å². The predicted octanol–water partition coefficient (Wildman–Crippen LogP) is 1.98. The van der Waals surface area contributed by atoms with Crippen molar-refractivity contribution < 1.29 is 9.18 Å². The highest BCUT2D eigenvalue weighted by Crippen LogP contribution is 2.16. The molecule has 1 rings (SSSR count). The van der Waals surface area contributed by atoms with Crippen molar-refractivity contribution >= 4 is 23.6 Å². The molecule has 1 amide bonds. The normalized spacial score (nSPS) is 10.6. The summed E-state index contributed by atoms with van der Waals surface area (Å²) >= 11 is 5.45. The zero-order valence-electron chi connectivity index (χ0n) is 6.63. The Hall–Kier alpha value is -1.35. The third-order valence-electron chi connectivity index (χ3n) is 1.38. The van der Waals surface area contributed by atoms with E-state index in [9.17, 15) is 9.18 Å². The second-order valence-electron chi connectivity index (χ2n) is 2.41. The first kappa shape index (κ1) is 9.74. The van der Waals surface area contributed by atoms with Crippen LogP contribution >= 0.6 is 11.6 Å². The maximum absolute atomic E-state index is 12.8. The number of carbonyl (C=O) groups excluding carboxylic acids is 1. The van der Waals surface area contributed by atoms with Gasteiger partial charge in [-0.2, -0.15) is 0 Å². The predicted molar refractivity (Wildman–Crippen MR) is 49.6 cm³/mol. The second kappa shape index (κ2) is 4.05. The summed E-state index contributed by atoms with van der Waals surface area (Å²) in [6.07, 6.45) is 2.57. The number of hydrogen-bond acceptors (Lipinski definition) is 1. The molecule has 0 aliphatic heterocycles. The number of benzene rings is 1. The molecule has 0 aliphatic rings. The van der Waals surface area contributed by atoms with Crippen molar-refractivity contribution in [3.8, 4) is 0 Å². The molecule has 0 unspecified atom stereocenters. The lowest BCUT2D eigenvalue weighted by atomic mass is 10.2. The summed E-state index contributed by atoms with van der Waals surface area (Å²) in [6.45, 7) is 0. The van der Waals surface area contributed by atoms with E-state index in [1.165, 1.54) is 18.2 Å². The van der Waals surface area contributed by atoms with Crippen LogP contribution in [0.25, 0.3) is 6.08 Å². The lowest BCUT2D eigenvalue weighted by Gasteiger charge is -1.95. The fraction of sp³-hybridized carbons (Fsp3) is 0. The number of halogens is 2. The summed E-state index contributed by atoms with van der Waals surface area (Å²) in [5, 5.41) is 0.0521. The highest BCUT2D eigenvalue weighted by Gasteiger charge is 1.98. The summed E-state index contributed by atoms with van der Waals surface area (Å²) < 4.78 is 12.8. The molecule has 4 heteroatoms. The van der Waals surface area contributed by atoms with Gasteiger partial charge in [-0.3, -0.25) is 4.79 Å². The molecule has 2 N–H and O–H groups in total. The Kier molecular flexibility index (Phi) is 3.03. The largest absolute Gasteiger partial charge is 0.366 e. The number of carbonyl (C=O) groups is 1. The van der Waals surface area contributed by atoms with Crippen LogP contribution in [0.4, 0.5) is 4.39 Å². The summed E-state index contributed by atoms with van der Waals surface area (Å²) in [5.41, 5.74) is 5.41. The summed E-state index contributed by atoms with van der Waals surface area (Å²) in [4.78, 5) is 10.3. The van der Waals surface area contributed by atoms with E-state index >= 15 is 0 Å². The monoisotopic (exact) mass is 199 g/mol. The summed E-state index contributed by atoms with van der Waals surface area (Å²) in [7, 11) is 0. The van der Waals surface area contributed by atoms with Crippen molar-refractivity contribution in [3.63, 3.8) is 0 Å². The quantitative estimate of drug-likeness (QED) is 0.728. The Balaban J connectivity index is 2.92. The zero-order chi connectivity index (χ0) is 9.84. The van der Waals surface area contributed by atoms with Gasteiger partial charge in [0, 0.05) is 6.08 Å². The molecule has 0 saturated carbocycles. The van der Waals surface area contributed by atoms with Gasteiger partial charge < -0.3 is 5.73 Å². The van der Waals surface area contributed by atoms with E-state index in [0.717, 1.165) is 6.08 Å². The first-order chi connectivity index (χ1) is 6.09. The fourth-order valence-electron chi connectivity index (χ4n) is 0.794. The summed E-state index contributed by atoms with van der Waals surface area (Å²) in [6, 6.07) is 4.23. The van der Waals surface area contributed by atoms with Crippen molar-refractivity contribution in [1.82, 2.24) is 0 Å². The highest BCUT2D eigenvalue weighted by molar-refractivity contribution is 6.30. The average molecular weight is 200 g/mol. The Morgan fingerprint density at radius 1 is 1.54 bits per heavy atom. The van der Waals surface area contributed by atoms with Gasteiger partial charge in [-0.25, -0.2) is 4.39 Å². The van der Waals surface area contributed by atoms with Gasteiger partial charge in [0.1, 0.15) is 5.82 Å². The number of hydrogen-bond donors (Lipinski definition) is 1. The molecule has 0 radical (unpaired) electrons. The molecule has 1 aromatic carbocycles. The molecular weight excluding hydrogens is 193 g/mol. The maximum Gasteiger partial charge on any atom is 0.241 e. The molecule has 0 fully saturated rings. The standard InChI is InChI=1S/C9H7ClFNO/c10-7-3-1-6(5-8(7)11)2-4-9(12)13/h1-5H,(H2,12,13)/b4-2-. The average Bonchev–Trinajstić information content (AvgIpc) is 2.07. The van der Waals surface area contributed by atoms with Crippen LogP contribution in [0.5, 0.6) is 0 Å². The number of amides is 1. The Labute approximate surface area is 79.8 Å². The van der Waals surface area contributed by atoms with Crippen LogP contribution in [-0.4, -0.2) is 5.91 Å². The van der Waals surface area contributed by atoms with Gasteiger partial charge in [0.15, 0.2) is 0 Å². The molecule has 0 aliphatic carbocycles. The lowest BCUT2D eigenvalue weighted by Crippen LogP contribution is -2.05. The minimum absolute atomic E-state index is 0.0521.